The van der Waals surface area contributed by atoms with Crippen LogP contribution in [0, 0.1) is 0 Å². The van der Waals surface area contributed by atoms with Gasteiger partial charge in [0.15, 0.2) is 0 Å². The summed E-state index contributed by atoms with van der Waals surface area (Å²) in [5, 5.41) is 10.2. The lowest BCUT2D eigenvalue weighted by Gasteiger charge is -2.11. The summed E-state index contributed by atoms with van der Waals surface area (Å²) in [6, 6.07) is 11.6. The van der Waals surface area contributed by atoms with Crippen molar-refractivity contribution >= 4 is 16.9 Å². The van der Waals surface area contributed by atoms with Crippen molar-refractivity contribution in [3.8, 4) is 0 Å². The molecule has 148 valence electrons. The Balaban J connectivity index is 1.96. The summed E-state index contributed by atoms with van der Waals surface area (Å²) >= 11 is 0. The average molecular weight is 392 g/mol. The summed E-state index contributed by atoms with van der Waals surface area (Å²) in [7, 11) is 1.34. The van der Waals surface area contributed by atoms with E-state index in [2.05, 4.69) is 5.48 Å². The van der Waals surface area contributed by atoms with E-state index < -0.39 is 23.8 Å². The number of nitrogens with one attached hydrogen (secondary N) is 1. The fourth-order valence-electron chi connectivity index (χ4n) is 3.20. The molecular formula is C20H19F3N2O3. The van der Waals surface area contributed by atoms with Crippen LogP contribution < -0.4 is 5.48 Å². The van der Waals surface area contributed by atoms with Crippen LogP contribution in [0.15, 0.2) is 54.7 Å². The fraction of sp³-hybridized carbons (Fsp3) is 0.250. The molecule has 0 spiro atoms. The maximum Gasteiger partial charge on any atom is 0.416 e. The molecule has 2 aromatic carbocycles. The fourth-order valence-corrected chi connectivity index (χ4v) is 3.20. The first-order valence-electron chi connectivity index (χ1n) is 8.54. The minimum Gasteiger partial charge on any atom is -0.480 e. The molecule has 2 N–H and O–H groups in total. The van der Waals surface area contributed by atoms with Crippen LogP contribution >= 0.6 is 0 Å². The summed E-state index contributed by atoms with van der Waals surface area (Å²) in [6.07, 6.45) is -2.46. The number of carbonyl (C=O) groups is 1. The van der Waals surface area contributed by atoms with Gasteiger partial charge in [-0.3, -0.25) is 4.79 Å². The Labute approximate surface area is 159 Å². The molecule has 28 heavy (non-hydrogen) atoms. The molecule has 0 radical (unpaired) electrons. The van der Waals surface area contributed by atoms with E-state index in [1.54, 1.807) is 12.3 Å². The number of fused-ring (bicyclic) bond motifs is 1. The SMILES string of the molecule is CON[C@@H](Cc1cn(Cc2cccc(C(F)(F)F)c2)c2ccccc12)C(=O)O. The van der Waals surface area contributed by atoms with Gasteiger partial charge < -0.3 is 14.5 Å². The zero-order chi connectivity index (χ0) is 20.3. The van der Waals surface area contributed by atoms with Crippen molar-refractivity contribution in [2.75, 3.05) is 7.11 Å². The van der Waals surface area contributed by atoms with Gasteiger partial charge in [-0.1, -0.05) is 30.3 Å². The largest absolute Gasteiger partial charge is 0.480 e. The predicted octanol–water partition coefficient (Wildman–Crippen LogP) is 3.86. The molecule has 0 saturated heterocycles. The third kappa shape index (κ3) is 4.35. The number of hydrogen-bond acceptors (Lipinski definition) is 3. The number of aliphatic carboxylic acids is 1. The van der Waals surface area contributed by atoms with Gasteiger partial charge in [0.1, 0.15) is 6.04 Å². The van der Waals surface area contributed by atoms with Crippen LogP contribution in [-0.4, -0.2) is 28.8 Å². The van der Waals surface area contributed by atoms with Crippen LogP contribution in [-0.2, 0) is 28.8 Å². The van der Waals surface area contributed by atoms with E-state index in [9.17, 15) is 23.1 Å². The molecule has 0 fully saturated rings. The van der Waals surface area contributed by atoms with Gasteiger partial charge in [-0.25, -0.2) is 0 Å². The van der Waals surface area contributed by atoms with E-state index >= 15 is 0 Å². The number of carboxylic acids is 1. The normalized spacial score (nSPS) is 13.0. The molecule has 0 aliphatic rings. The van der Waals surface area contributed by atoms with Crippen LogP contribution in [0.2, 0.25) is 0 Å². The molecule has 1 atom stereocenters. The lowest BCUT2D eigenvalue weighted by Crippen LogP contribution is -2.37. The highest BCUT2D eigenvalue weighted by Crippen LogP contribution is 2.30. The van der Waals surface area contributed by atoms with Crippen LogP contribution in [0.3, 0.4) is 0 Å². The lowest BCUT2D eigenvalue weighted by atomic mass is 10.1. The number of rotatable bonds is 7. The Bertz CT molecular complexity index is 982. The highest BCUT2D eigenvalue weighted by atomic mass is 19.4. The second-order valence-corrected chi connectivity index (χ2v) is 6.41. The Morgan fingerprint density at radius 3 is 2.64 bits per heavy atom. The molecule has 3 rings (SSSR count). The molecule has 3 aromatic rings. The molecule has 0 aliphatic heterocycles. The smallest absolute Gasteiger partial charge is 0.416 e. The molecule has 5 nitrogen and oxygen atoms in total. The van der Waals surface area contributed by atoms with Crippen LogP contribution in [0.5, 0.6) is 0 Å². The molecule has 0 unspecified atom stereocenters. The number of alkyl halides is 3. The van der Waals surface area contributed by atoms with Gasteiger partial charge in [-0.05, 0) is 29.3 Å². The molecule has 1 aromatic heterocycles. The van der Waals surface area contributed by atoms with Crippen molar-refractivity contribution in [1.29, 1.82) is 0 Å². The molecule has 0 aliphatic carbocycles. The zero-order valence-electron chi connectivity index (χ0n) is 15.0. The number of halogens is 3. The average Bonchev–Trinajstić information content (AvgIpc) is 2.98. The first-order valence-corrected chi connectivity index (χ1v) is 8.54. The second kappa shape index (κ2) is 8.04. The number of para-hydroxylation sites is 1. The lowest BCUT2D eigenvalue weighted by molar-refractivity contribution is -0.143. The monoisotopic (exact) mass is 392 g/mol. The van der Waals surface area contributed by atoms with Crippen LogP contribution in [0.4, 0.5) is 13.2 Å². The maximum absolute atomic E-state index is 13.0. The minimum atomic E-state index is -4.40. The summed E-state index contributed by atoms with van der Waals surface area (Å²) < 4.78 is 40.7. The number of benzene rings is 2. The summed E-state index contributed by atoms with van der Waals surface area (Å²) in [5.41, 5.74) is 3.83. The van der Waals surface area contributed by atoms with Gasteiger partial charge in [0.2, 0.25) is 0 Å². The standard InChI is InChI=1S/C20H19F3N2O3/c1-28-24-17(19(26)27)10-14-12-25(18-8-3-2-7-16(14)18)11-13-5-4-6-15(9-13)20(21,22)23/h2-9,12,17,24H,10-11H2,1H3,(H,26,27)/t17-/m0/s1. The molecule has 0 amide bonds. The highest BCUT2D eigenvalue weighted by molar-refractivity contribution is 5.85. The second-order valence-electron chi connectivity index (χ2n) is 6.41. The maximum atomic E-state index is 13.0. The van der Waals surface area contributed by atoms with Crippen LogP contribution in [0.25, 0.3) is 10.9 Å². The third-order valence-electron chi connectivity index (χ3n) is 4.46. The van der Waals surface area contributed by atoms with E-state index in [4.69, 9.17) is 4.84 Å². The Morgan fingerprint density at radius 2 is 1.96 bits per heavy atom. The van der Waals surface area contributed by atoms with E-state index in [0.717, 1.165) is 28.6 Å². The summed E-state index contributed by atoms with van der Waals surface area (Å²) in [4.78, 5) is 16.2. The van der Waals surface area contributed by atoms with Gasteiger partial charge in [0.25, 0.3) is 0 Å². The van der Waals surface area contributed by atoms with Crippen molar-refractivity contribution in [3.05, 3.63) is 71.4 Å². The Morgan fingerprint density at radius 1 is 1.21 bits per heavy atom. The molecule has 0 bridgehead atoms. The summed E-state index contributed by atoms with van der Waals surface area (Å²) in [6.45, 7) is 0.236. The van der Waals surface area contributed by atoms with Crippen molar-refractivity contribution in [3.63, 3.8) is 0 Å². The van der Waals surface area contributed by atoms with Gasteiger partial charge >= 0.3 is 12.1 Å². The van der Waals surface area contributed by atoms with E-state index in [-0.39, 0.29) is 13.0 Å². The summed E-state index contributed by atoms with van der Waals surface area (Å²) in [5.74, 6) is -1.06. The minimum absolute atomic E-state index is 0.166. The number of aromatic nitrogens is 1. The third-order valence-corrected chi connectivity index (χ3v) is 4.46. The van der Waals surface area contributed by atoms with E-state index in [0.29, 0.717) is 5.56 Å². The quantitative estimate of drug-likeness (QED) is 0.600. The number of hydroxylamine groups is 1. The predicted molar refractivity (Wildman–Crippen MR) is 97.8 cm³/mol. The number of nitrogens with zero attached hydrogens (tertiary/aromatic N) is 1. The zero-order valence-corrected chi connectivity index (χ0v) is 15.0. The first-order chi connectivity index (χ1) is 13.3. The number of carboxylic acid groups (broad SMARTS) is 1. The Kier molecular flexibility index (Phi) is 5.71. The van der Waals surface area contributed by atoms with Crippen molar-refractivity contribution in [2.24, 2.45) is 0 Å². The number of hydrogen-bond donors (Lipinski definition) is 2. The Hall–Kier alpha value is -2.84. The molecule has 8 heteroatoms. The van der Waals surface area contributed by atoms with E-state index in [1.165, 1.54) is 13.2 Å². The van der Waals surface area contributed by atoms with Crippen molar-refractivity contribution in [1.82, 2.24) is 10.0 Å². The van der Waals surface area contributed by atoms with E-state index in [1.807, 2.05) is 28.8 Å². The van der Waals surface area contributed by atoms with Gasteiger partial charge in [-0.2, -0.15) is 18.7 Å². The van der Waals surface area contributed by atoms with Gasteiger partial charge in [0, 0.05) is 30.1 Å². The van der Waals surface area contributed by atoms with Crippen molar-refractivity contribution in [2.45, 2.75) is 25.2 Å². The van der Waals surface area contributed by atoms with Crippen LogP contribution in [0.1, 0.15) is 16.7 Å². The van der Waals surface area contributed by atoms with Gasteiger partial charge in [-0.15, -0.1) is 0 Å². The van der Waals surface area contributed by atoms with Crippen molar-refractivity contribution < 1.29 is 27.9 Å². The highest BCUT2D eigenvalue weighted by Gasteiger charge is 2.30. The molecular weight excluding hydrogens is 373 g/mol. The molecule has 1 heterocycles. The first kappa shape index (κ1) is 19.9. The topological polar surface area (TPSA) is 63.5 Å². The van der Waals surface area contributed by atoms with Gasteiger partial charge in [0.05, 0.1) is 12.7 Å². The molecule has 0 saturated carbocycles.